The van der Waals surface area contributed by atoms with Crippen molar-refractivity contribution in [2.75, 3.05) is 4.90 Å². The molecule has 46 heavy (non-hydrogen) atoms. The zero-order chi connectivity index (χ0) is 30.0. The van der Waals surface area contributed by atoms with Crippen molar-refractivity contribution in [2.45, 2.75) is 37.5 Å². The molecule has 6 aromatic carbocycles. The van der Waals surface area contributed by atoms with Gasteiger partial charge in [-0.3, -0.25) is 0 Å². The predicted molar refractivity (Wildman–Crippen MR) is 189 cm³/mol. The number of furan rings is 1. The fourth-order valence-corrected chi connectivity index (χ4v) is 10.9. The summed E-state index contributed by atoms with van der Waals surface area (Å²) in [5.41, 5.74) is 11.7. The third kappa shape index (κ3) is 3.32. The van der Waals surface area contributed by atoms with E-state index in [1.807, 2.05) is 6.07 Å². The van der Waals surface area contributed by atoms with E-state index in [1.165, 1.54) is 65.4 Å². The molecule has 222 valence electrons. The van der Waals surface area contributed by atoms with Crippen molar-refractivity contribution in [3.8, 4) is 11.1 Å². The Kier molecular flexibility index (Phi) is 5.04. The Morgan fingerprint density at radius 3 is 1.98 bits per heavy atom. The largest absolute Gasteiger partial charge is 0.456 e. The van der Waals surface area contributed by atoms with Crippen LogP contribution in [0.2, 0.25) is 0 Å². The third-order valence-corrected chi connectivity index (χ3v) is 12.4. The van der Waals surface area contributed by atoms with E-state index in [-0.39, 0.29) is 5.41 Å². The summed E-state index contributed by atoms with van der Waals surface area (Å²) in [4.78, 5) is 2.46. The fourth-order valence-electron chi connectivity index (χ4n) is 10.9. The molecule has 1 heterocycles. The van der Waals surface area contributed by atoms with E-state index in [4.69, 9.17) is 4.42 Å². The van der Waals surface area contributed by atoms with Gasteiger partial charge in [0.1, 0.15) is 11.2 Å². The molecule has 5 aliphatic carbocycles. The minimum absolute atomic E-state index is 0.181. The maximum absolute atomic E-state index is 6.25. The number of rotatable bonds is 3. The highest BCUT2D eigenvalue weighted by atomic mass is 16.3. The average molecular weight is 594 g/mol. The fraction of sp³-hybridized carbons (Fsp3) is 0.227. The molecule has 0 aliphatic heterocycles. The Hall–Kier alpha value is -4.82. The Morgan fingerprint density at radius 1 is 0.478 bits per heavy atom. The van der Waals surface area contributed by atoms with Gasteiger partial charge in [0.05, 0.1) is 0 Å². The average Bonchev–Trinajstić information content (AvgIpc) is 3.60. The van der Waals surface area contributed by atoms with E-state index in [0.717, 1.165) is 51.3 Å². The van der Waals surface area contributed by atoms with Crippen LogP contribution in [0.3, 0.4) is 0 Å². The number of hydrogen-bond donors (Lipinski definition) is 0. The molecule has 0 atom stereocenters. The molecule has 5 aliphatic rings. The van der Waals surface area contributed by atoms with Crippen LogP contribution in [0.5, 0.6) is 0 Å². The van der Waals surface area contributed by atoms with Gasteiger partial charge in [-0.2, -0.15) is 0 Å². The van der Waals surface area contributed by atoms with E-state index >= 15 is 0 Å². The highest BCUT2D eigenvalue weighted by Crippen LogP contribution is 2.69. The Morgan fingerprint density at radius 2 is 1.11 bits per heavy atom. The molecule has 1 aromatic heterocycles. The van der Waals surface area contributed by atoms with Gasteiger partial charge in [0.2, 0.25) is 0 Å². The summed E-state index contributed by atoms with van der Waals surface area (Å²) in [6.45, 7) is 0. The summed E-state index contributed by atoms with van der Waals surface area (Å²) in [6.07, 6.45) is 7.11. The number of anilines is 3. The van der Waals surface area contributed by atoms with Crippen LogP contribution in [0.15, 0.2) is 132 Å². The molecule has 0 amide bonds. The minimum Gasteiger partial charge on any atom is -0.456 e. The van der Waals surface area contributed by atoms with Crippen molar-refractivity contribution in [1.29, 1.82) is 0 Å². The smallest absolute Gasteiger partial charge is 0.135 e. The molecule has 0 radical (unpaired) electrons. The molecule has 2 heteroatoms. The molecular formula is C44H35NO. The molecule has 0 unspecified atom stereocenters. The first-order valence-electron chi connectivity index (χ1n) is 17.2. The normalized spacial score (nSPS) is 25.5. The zero-order valence-corrected chi connectivity index (χ0v) is 25.8. The molecule has 1 spiro atoms. The van der Waals surface area contributed by atoms with Gasteiger partial charge >= 0.3 is 0 Å². The van der Waals surface area contributed by atoms with Crippen LogP contribution in [-0.2, 0) is 5.41 Å². The van der Waals surface area contributed by atoms with Crippen LogP contribution in [-0.4, -0.2) is 0 Å². The van der Waals surface area contributed by atoms with Crippen molar-refractivity contribution < 1.29 is 4.42 Å². The standard InChI is InChI=1S/C44H35NO/c1-2-8-30-24-33(14-13-29(30)7-1)45(35-16-18-43-39(26-35)37-10-4-6-12-42(37)46-43)34-15-17-41-38(25-34)36-9-3-5-11-40(36)44(41)31-20-27-19-28(22-31)23-32(44)21-27/h1-18,24-28,31-32H,19-23H2. The van der Waals surface area contributed by atoms with Gasteiger partial charge in [-0.1, -0.05) is 78.9 Å². The molecular weight excluding hydrogens is 558 g/mol. The molecule has 12 rings (SSSR count). The first kappa shape index (κ1) is 25.4. The van der Waals surface area contributed by atoms with E-state index < -0.39 is 0 Å². The molecule has 0 saturated heterocycles. The summed E-state index contributed by atoms with van der Waals surface area (Å²) in [5.74, 6) is 3.43. The Labute approximate surface area is 269 Å². The van der Waals surface area contributed by atoms with Crippen LogP contribution < -0.4 is 4.90 Å². The zero-order valence-electron chi connectivity index (χ0n) is 25.8. The summed E-state index contributed by atoms with van der Waals surface area (Å²) in [6, 6.07) is 47.5. The van der Waals surface area contributed by atoms with Gasteiger partial charge in [-0.05, 0) is 137 Å². The van der Waals surface area contributed by atoms with Gasteiger partial charge < -0.3 is 9.32 Å². The minimum atomic E-state index is 0.181. The maximum Gasteiger partial charge on any atom is 0.135 e. The van der Waals surface area contributed by atoms with E-state index in [2.05, 4.69) is 126 Å². The SMILES string of the molecule is c1ccc2c(c1)-c1cc(N(c3ccc4ccccc4c3)c3ccc4oc5ccccc5c4c3)ccc1C21C2CC3CC(C2)CC1C3. The summed E-state index contributed by atoms with van der Waals surface area (Å²) < 4.78 is 6.25. The second kappa shape index (κ2) is 9.13. The molecule has 7 aromatic rings. The summed E-state index contributed by atoms with van der Waals surface area (Å²) >= 11 is 0. The van der Waals surface area contributed by atoms with Crippen molar-refractivity contribution in [3.05, 3.63) is 139 Å². The van der Waals surface area contributed by atoms with Gasteiger partial charge in [-0.25, -0.2) is 0 Å². The first-order chi connectivity index (χ1) is 22.7. The number of para-hydroxylation sites is 1. The Bertz CT molecular complexity index is 2330. The van der Waals surface area contributed by atoms with Gasteiger partial charge in [0, 0.05) is 33.2 Å². The quantitative estimate of drug-likeness (QED) is 0.203. The van der Waals surface area contributed by atoms with E-state index in [9.17, 15) is 0 Å². The lowest BCUT2D eigenvalue weighted by molar-refractivity contribution is -0.0399. The lowest BCUT2D eigenvalue weighted by Gasteiger charge is -2.61. The first-order valence-corrected chi connectivity index (χ1v) is 17.2. The van der Waals surface area contributed by atoms with Gasteiger partial charge in [0.25, 0.3) is 0 Å². The van der Waals surface area contributed by atoms with Crippen LogP contribution in [0.4, 0.5) is 17.1 Å². The van der Waals surface area contributed by atoms with Crippen molar-refractivity contribution in [3.63, 3.8) is 0 Å². The molecule has 4 bridgehead atoms. The predicted octanol–water partition coefficient (Wildman–Crippen LogP) is 11.9. The third-order valence-electron chi connectivity index (χ3n) is 12.4. The van der Waals surface area contributed by atoms with Crippen LogP contribution in [0, 0.1) is 23.7 Å². The van der Waals surface area contributed by atoms with Crippen molar-refractivity contribution in [2.24, 2.45) is 23.7 Å². The van der Waals surface area contributed by atoms with Crippen LogP contribution in [0.1, 0.15) is 43.2 Å². The lowest BCUT2D eigenvalue weighted by Crippen LogP contribution is -2.55. The van der Waals surface area contributed by atoms with E-state index in [0.29, 0.717) is 0 Å². The second-order valence-corrected chi connectivity index (χ2v) is 14.6. The van der Waals surface area contributed by atoms with Gasteiger partial charge in [-0.15, -0.1) is 0 Å². The van der Waals surface area contributed by atoms with E-state index in [1.54, 1.807) is 11.1 Å². The highest BCUT2D eigenvalue weighted by Gasteiger charge is 2.61. The number of benzene rings is 6. The molecule has 0 N–H and O–H groups in total. The number of fused-ring (bicyclic) bond motifs is 7. The van der Waals surface area contributed by atoms with Crippen molar-refractivity contribution >= 4 is 49.8 Å². The number of nitrogens with zero attached hydrogens (tertiary/aromatic N) is 1. The summed E-state index contributed by atoms with van der Waals surface area (Å²) in [7, 11) is 0. The lowest BCUT2D eigenvalue weighted by atomic mass is 9.43. The monoisotopic (exact) mass is 593 g/mol. The molecule has 4 saturated carbocycles. The second-order valence-electron chi connectivity index (χ2n) is 14.6. The van der Waals surface area contributed by atoms with Crippen LogP contribution in [0.25, 0.3) is 43.8 Å². The van der Waals surface area contributed by atoms with Crippen LogP contribution >= 0.6 is 0 Å². The maximum atomic E-state index is 6.25. The topological polar surface area (TPSA) is 16.4 Å². The molecule has 4 fully saturated rings. The Balaban J connectivity index is 1.14. The summed E-state index contributed by atoms with van der Waals surface area (Å²) in [5, 5.41) is 4.82. The molecule has 2 nitrogen and oxygen atoms in total. The van der Waals surface area contributed by atoms with Gasteiger partial charge in [0.15, 0.2) is 0 Å². The number of hydrogen-bond acceptors (Lipinski definition) is 2. The highest BCUT2D eigenvalue weighted by molar-refractivity contribution is 6.06. The van der Waals surface area contributed by atoms with Crippen molar-refractivity contribution in [1.82, 2.24) is 0 Å².